The zero-order valence-corrected chi connectivity index (χ0v) is 18.7. The van der Waals surface area contributed by atoms with Crippen LogP contribution in [0, 0.1) is 5.92 Å². The van der Waals surface area contributed by atoms with Crippen molar-refractivity contribution in [3.05, 3.63) is 29.3 Å². The highest BCUT2D eigenvalue weighted by Gasteiger charge is 2.44. The first-order chi connectivity index (χ1) is 15.4. The molecule has 1 amide bonds. The maximum atomic E-state index is 13.5. The van der Waals surface area contributed by atoms with Gasteiger partial charge in [0.25, 0.3) is 0 Å². The molecule has 2 aliphatic carbocycles. The van der Waals surface area contributed by atoms with Gasteiger partial charge in [-0.1, -0.05) is 32.1 Å². The Morgan fingerprint density at radius 3 is 2.41 bits per heavy atom. The molecule has 2 atom stereocenters. The topological polar surface area (TPSA) is 35.6 Å². The van der Waals surface area contributed by atoms with Gasteiger partial charge in [-0.2, -0.15) is 13.2 Å². The van der Waals surface area contributed by atoms with E-state index in [0.29, 0.717) is 18.0 Å². The number of piperazine rings is 1. The highest BCUT2D eigenvalue weighted by Crippen LogP contribution is 2.40. The van der Waals surface area contributed by atoms with Crippen molar-refractivity contribution in [1.82, 2.24) is 10.2 Å². The minimum absolute atomic E-state index is 0.0252. The smallest absolute Gasteiger partial charge is 0.365 e. The van der Waals surface area contributed by atoms with Gasteiger partial charge in [0.05, 0.1) is 17.5 Å². The molecule has 0 radical (unpaired) electrons. The van der Waals surface area contributed by atoms with E-state index in [1.807, 2.05) is 0 Å². The molecule has 176 valence electrons. The Balaban J connectivity index is 1.42. The predicted molar refractivity (Wildman–Crippen MR) is 119 cm³/mol. The molecule has 1 N–H and O–H groups in total. The van der Waals surface area contributed by atoms with E-state index < -0.39 is 11.7 Å². The van der Waals surface area contributed by atoms with E-state index in [-0.39, 0.29) is 23.9 Å². The summed E-state index contributed by atoms with van der Waals surface area (Å²) < 4.78 is 40.1. The van der Waals surface area contributed by atoms with Gasteiger partial charge in [-0.25, -0.2) is 0 Å². The lowest BCUT2D eigenvalue weighted by Gasteiger charge is -2.50. The molecule has 32 heavy (non-hydrogen) atoms. The van der Waals surface area contributed by atoms with Crippen LogP contribution in [0.4, 0.5) is 18.9 Å². The van der Waals surface area contributed by atoms with Crippen molar-refractivity contribution in [3.63, 3.8) is 0 Å². The fourth-order valence-corrected chi connectivity index (χ4v) is 6.48. The van der Waals surface area contributed by atoms with Crippen LogP contribution in [0.5, 0.6) is 0 Å². The summed E-state index contributed by atoms with van der Waals surface area (Å²) in [6.45, 7) is 2.51. The third-order valence-corrected chi connectivity index (χ3v) is 8.20. The Hall–Kier alpha value is -1.76. The number of halogens is 3. The van der Waals surface area contributed by atoms with E-state index in [4.69, 9.17) is 0 Å². The van der Waals surface area contributed by atoms with E-state index in [1.165, 1.54) is 44.2 Å². The van der Waals surface area contributed by atoms with Gasteiger partial charge in [0.15, 0.2) is 0 Å². The summed E-state index contributed by atoms with van der Waals surface area (Å²) in [7, 11) is 0. The van der Waals surface area contributed by atoms with E-state index in [1.54, 1.807) is 6.07 Å². The third-order valence-electron chi connectivity index (χ3n) is 8.20. The van der Waals surface area contributed by atoms with Gasteiger partial charge in [0.2, 0.25) is 5.91 Å². The number of anilines is 1. The number of benzene rings is 1. The lowest BCUT2D eigenvalue weighted by atomic mass is 9.82. The molecule has 1 aromatic carbocycles. The number of carbonyl (C=O) groups is 1. The molecule has 3 fully saturated rings. The van der Waals surface area contributed by atoms with Crippen molar-refractivity contribution in [1.29, 1.82) is 0 Å². The number of nitrogens with zero attached hydrogens (tertiary/aromatic N) is 2. The van der Waals surface area contributed by atoms with Crippen molar-refractivity contribution in [2.24, 2.45) is 5.92 Å². The highest BCUT2D eigenvalue weighted by atomic mass is 19.4. The third kappa shape index (κ3) is 4.37. The Morgan fingerprint density at radius 1 is 0.969 bits per heavy atom. The summed E-state index contributed by atoms with van der Waals surface area (Å²) in [6.07, 6.45) is 6.51. The monoisotopic (exact) mass is 449 g/mol. The molecule has 2 aliphatic heterocycles. The standard InChI is InChI=1S/C25H34F3N3O/c26-25(27,28)18-10-11-22-17(14-18)15-21(24(32)29-19-6-2-1-3-7-19)23-16-30(12-13-31(22)23)20-8-4-5-9-20/h10-11,14,19-21,23H,1-9,12-13,15-16H2,(H,29,32)/t21-,23+/m1/s1. The molecule has 2 saturated carbocycles. The number of alkyl halides is 3. The Labute approximate surface area is 188 Å². The van der Waals surface area contributed by atoms with Crippen molar-refractivity contribution in [3.8, 4) is 0 Å². The zero-order valence-electron chi connectivity index (χ0n) is 18.7. The molecular weight excluding hydrogens is 415 g/mol. The minimum Gasteiger partial charge on any atom is -0.365 e. The first-order valence-corrected chi connectivity index (χ1v) is 12.4. The SMILES string of the molecule is O=C(NC1CCCCC1)[C@@H]1Cc2cc(C(F)(F)F)ccc2N2CCN(C3CCCC3)C[C@@H]12. The van der Waals surface area contributed by atoms with Gasteiger partial charge >= 0.3 is 6.18 Å². The molecular formula is C25H34F3N3O. The Bertz CT molecular complexity index is 830. The fourth-order valence-electron chi connectivity index (χ4n) is 6.48. The number of hydrogen-bond acceptors (Lipinski definition) is 3. The summed E-state index contributed by atoms with van der Waals surface area (Å²) in [6, 6.07) is 4.93. The van der Waals surface area contributed by atoms with Crippen molar-refractivity contribution in [2.75, 3.05) is 24.5 Å². The molecule has 4 aliphatic rings. The summed E-state index contributed by atoms with van der Waals surface area (Å²) in [5.41, 5.74) is 0.927. The minimum atomic E-state index is -4.37. The summed E-state index contributed by atoms with van der Waals surface area (Å²) in [5, 5.41) is 3.28. The van der Waals surface area contributed by atoms with Gasteiger partial charge < -0.3 is 10.2 Å². The van der Waals surface area contributed by atoms with Gasteiger partial charge in [-0.15, -0.1) is 0 Å². The maximum Gasteiger partial charge on any atom is 0.416 e. The molecule has 4 nitrogen and oxygen atoms in total. The van der Waals surface area contributed by atoms with Crippen molar-refractivity contribution >= 4 is 11.6 Å². The normalized spacial score (nSPS) is 27.8. The molecule has 0 spiro atoms. The quantitative estimate of drug-likeness (QED) is 0.723. The number of carbonyl (C=O) groups excluding carboxylic acids is 1. The number of fused-ring (bicyclic) bond motifs is 3. The second kappa shape index (κ2) is 8.88. The van der Waals surface area contributed by atoms with Crippen LogP contribution < -0.4 is 10.2 Å². The van der Waals surface area contributed by atoms with Gasteiger partial charge in [-0.05, 0) is 55.9 Å². The van der Waals surface area contributed by atoms with Crippen LogP contribution in [-0.2, 0) is 17.4 Å². The summed E-state index contributed by atoms with van der Waals surface area (Å²) in [5.74, 6) is -0.277. The van der Waals surface area contributed by atoms with Gasteiger partial charge in [-0.3, -0.25) is 9.69 Å². The second-order valence-electron chi connectivity index (χ2n) is 10.2. The zero-order chi connectivity index (χ0) is 22.3. The molecule has 2 heterocycles. The van der Waals surface area contributed by atoms with Crippen LogP contribution in [0.25, 0.3) is 0 Å². The summed E-state index contributed by atoms with van der Waals surface area (Å²) in [4.78, 5) is 18.2. The molecule has 7 heteroatoms. The second-order valence-corrected chi connectivity index (χ2v) is 10.2. The number of nitrogens with one attached hydrogen (secondary N) is 1. The van der Waals surface area contributed by atoms with Crippen LogP contribution in [0.3, 0.4) is 0 Å². The van der Waals surface area contributed by atoms with E-state index in [2.05, 4.69) is 15.1 Å². The van der Waals surface area contributed by atoms with Crippen molar-refractivity contribution < 1.29 is 18.0 Å². The first-order valence-electron chi connectivity index (χ1n) is 12.4. The molecule has 0 bridgehead atoms. The van der Waals surface area contributed by atoms with E-state index in [9.17, 15) is 18.0 Å². The summed E-state index contributed by atoms with van der Waals surface area (Å²) >= 11 is 0. The van der Waals surface area contributed by atoms with E-state index >= 15 is 0 Å². The van der Waals surface area contributed by atoms with Crippen molar-refractivity contribution in [2.45, 2.75) is 88.5 Å². The lowest BCUT2D eigenvalue weighted by Crippen LogP contribution is -2.62. The molecule has 0 aromatic heterocycles. The highest BCUT2D eigenvalue weighted by molar-refractivity contribution is 5.82. The fraction of sp³-hybridized carbons (Fsp3) is 0.720. The number of hydrogen-bond donors (Lipinski definition) is 1. The van der Waals surface area contributed by atoms with Crippen LogP contribution in [0.2, 0.25) is 0 Å². The number of rotatable bonds is 3. The van der Waals surface area contributed by atoms with Crippen LogP contribution in [0.1, 0.15) is 68.9 Å². The number of amides is 1. The average molecular weight is 450 g/mol. The molecule has 1 saturated heterocycles. The van der Waals surface area contributed by atoms with Crippen LogP contribution in [-0.4, -0.2) is 48.6 Å². The average Bonchev–Trinajstić information content (AvgIpc) is 3.33. The first kappa shape index (κ1) is 22.1. The van der Waals surface area contributed by atoms with Gasteiger partial charge in [0.1, 0.15) is 0 Å². The van der Waals surface area contributed by atoms with E-state index in [0.717, 1.165) is 51.0 Å². The Morgan fingerprint density at radius 2 is 1.69 bits per heavy atom. The Kier molecular flexibility index (Phi) is 6.12. The molecule has 0 unspecified atom stereocenters. The van der Waals surface area contributed by atoms with Crippen LogP contribution in [0.15, 0.2) is 18.2 Å². The molecule has 1 aromatic rings. The lowest BCUT2D eigenvalue weighted by molar-refractivity contribution is -0.137. The van der Waals surface area contributed by atoms with Gasteiger partial charge in [0, 0.05) is 37.4 Å². The maximum absolute atomic E-state index is 13.5. The predicted octanol–water partition coefficient (Wildman–Crippen LogP) is 4.76. The largest absolute Gasteiger partial charge is 0.416 e. The van der Waals surface area contributed by atoms with Crippen LogP contribution >= 0.6 is 0 Å². The molecule has 5 rings (SSSR count).